The standard InChI is InChI=1S/C28H34N2O2/c1-18-14-22-23(27(4,5)11-10-26(22,2)3)15-21(18)28(12-13-28)20-8-6-19(7-9-20)17-30-24(31)16-29-25(30)32/h6-9,14-15H,10-13,16-17H2,1-5H3,(H,29,32). The molecule has 0 aromatic heterocycles. The van der Waals surface area contributed by atoms with Crippen molar-refractivity contribution in [1.82, 2.24) is 10.2 Å². The van der Waals surface area contributed by atoms with Gasteiger partial charge in [-0.05, 0) is 76.8 Å². The lowest BCUT2D eigenvalue weighted by molar-refractivity contribution is -0.125. The van der Waals surface area contributed by atoms with Crippen molar-refractivity contribution in [3.63, 3.8) is 0 Å². The van der Waals surface area contributed by atoms with E-state index >= 15 is 0 Å². The van der Waals surface area contributed by atoms with Gasteiger partial charge in [-0.25, -0.2) is 4.79 Å². The number of carbonyl (C=O) groups excluding carboxylic acids is 2. The van der Waals surface area contributed by atoms with Gasteiger partial charge in [0.25, 0.3) is 0 Å². The maximum Gasteiger partial charge on any atom is 0.324 e. The molecule has 0 radical (unpaired) electrons. The normalized spacial score (nSPS) is 22.5. The van der Waals surface area contributed by atoms with Gasteiger partial charge < -0.3 is 5.32 Å². The average molecular weight is 431 g/mol. The highest BCUT2D eigenvalue weighted by molar-refractivity contribution is 6.01. The number of nitrogens with one attached hydrogen (secondary N) is 1. The first-order valence-corrected chi connectivity index (χ1v) is 11.9. The second-order valence-corrected chi connectivity index (χ2v) is 11.4. The summed E-state index contributed by atoms with van der Waals surface area (Å²) in [6, 6.07) is 13.3. The van der Waals surface area contributed by atoms with Crippen molar-refractivity contribution >= 4 is 11.9 Å². The van der Waals surface area contributed by atoms with E-state index in [0.29, 0.717) is 6.54 Å². The summed E-state index contributed by atoms with van der Waals surface area (Å²) in [4.78, 5) is 25.1. The van der Waals surface area contributed by atoms with E-state index in [2.05, 4.69) is 76.3 Å². The Morgan fingerprint density at radius 1 is 0.844 bits per heavy atom. The van der Waals surface area contributed by atoms with Crippen LogP contribution in [0.25, 0.3) is 0 Å². The molecule has 1 saturated heterocycles. The van der Waals surface area contributed by atoms with Crippen LogP contribution in [-0.2, 0) is 27.6 Å². The van der Waals surface area contributed by atoms with Crippen LogP contribution >= 0.6 is 0 Å². The Kier molecular flexibility index (Phi) is 4.60. The molecule has 2 aromatic carbocycles. The van der Waals surface area contributed by atoms with Crippen LogP contribution in [0.15, 0.2) is 36.4 Å². The van der Waals surface area contributed by atoms with Crippen LogP contribution in [0.2, 0.25) is 0 Å². The number of aryl methyl sites for hydroxylation is 1. The van der Waals surface area contributed by atoms with Crippen molar-refractivity contribution in [2.45, 2.75) is 83.1 Å². The van der Waals surface area contributed by atoms with Gasteiger partial charge in [0.15, 0.2) is 0 Å². The fourth-order valence-corrected chi connectivity index (χ4v) is 5.80. The first kappa shape index (κ1) is 21.2. The van der Waals surface area contributed by atoms with Gasteiger partial charge in [0, 0.05) is 5.41 Å². The van der Waals surface area contributed by atoms with Crippen molar-refractivity contribution in [3.8, 4) is 0 Å². The Hall–Kier alpha value is -2.62. The molecular formula is C28H34N2O2. The zero-order valence-corrected chi connectivity index (χ0v) is 20.0. The molecule has 0 unspecified atom stereocenters. The summed E-state index contributed by atoms with van der Waals surface area (Å²) in [6.07, 6.45) is 4.79. The third-order valence-electron chi connectivity index (χ3n) is 8.25. The van der Waals surface area contributed by atoms with Crippen LogP contribution in [0.5, 0.6) is 0 Å². The molecule has 3 aliphatic rings. The maximum atomic E-state index is 11.9. The number of hydrogen-bond acceptors (Lipinski definition) is 2. The molecule has 1 heterocycles. The van der Waals surface area contributed by atoms with E-state index in [-0.39, 0.29) is 34.7 Å². The number of nitrogens with zero attached hydrogens (tertiary/aromatic N) is 1. The van der Waals surface area contributed by atoms with E-state index in [1.54, 1.807) is 0 Å². The maximum absolute atomic E-state index is 11.9. The summed E-state index contributed by atoms with van der Waals surface area (Å²) in [5.41, 5.74) is 8.78. The third kappa shape index (κ3) is 3.27. The van der Waals surface area contributed by atoms with Gasteiger partial charge >= 0.3 is 6.03 Å². The zero-order valence-electron chi connectivity index (χ0n) is 20.0. The predicted molar refractivity (Wildman–Crippen MR) is 127 cm³/mol. The molecule has 4 nitrogen and oxygen atoms in total. The number of rotatable bonds is 4. The van der Waals surface area contributed by atoms with Gasteiger partial charge in [0.1, 0.15) is 0 Å². The Morgan fingerprint density at radius 3 is 1.97 bits per heavy atom. The minimum atomic E-state index is -0.298. The van der Waals surface area contributed by atoms with Crippen LogP contribution in [-0.4, -0.2) is 23.4 Å². The number of carbonyl (C=O) groups is 2. The largest absolute Gasteiger partial charge is 0.329 e. The Balaban J connectivity index is 1.48. The van der Waals surface area contributed by atoms with E-state index < -0.39 is 0 Å². The summed E-state index contributed by atoms with van der Waals surface area (Å²) >= 11 is 0. The molecule has 168 valence electrons. The Labute approximate surface area is 191 Å². The molecule has 1 N–H and O–H groups in total. The summed E-state index contributed by atoms with van der Waals surface area (Å²) in [5, 5.41) is 2.59. The van der Waals surface area contributed by atoms with E-state index in [4.69, 9.17) is 0 Å². The summed E-state index contributed by atoms with van der Waals surface area (Å²) in [7, 11) is 0. The van der Waals surface area contributed by atoms with Crippen molar-refractivity contribution in [2.24, 2.45) is 0 Å². The van der Waals surface area contributed by atoms with Gasteiger partial charge in [-0.15, -0.1) is 0 Å². The van der Waals surface area contributed by atoms with Gasteiger partial charge in [0.2, 0.25) is 5.91 Å². The topological polar surface area (TPSA) is 49.4 Å². The van der Waals surface area contributed by atoms with Crippen LogP contribution in [0.3, 0.4) is 0 Å². The molecule has 2 aromatic rings. The lowest BCUT2D eigenvalue weighted by atomic mass is 9.62. The van der Waals surface area contributed by atoms with Crippen molar-refractivity contribution in [2.75, 3.05) is 6.54 Å². The minimum Gasteiger partial charge on any atom is -0.329 e. The second-order valence-electron chi connectivity index (χ2n) is 11.4. The first-order chi connectivity index (χ1) is 15.0. The lowest BCUT2D eigenvalue weighted by Gasteiger charge is -2.43. The molecule has 1 aliphatic heterocycles. The zero-order chi connectivity index (χ0) is 22.9. The van der Waals surface area contributed by atoms with Crippen molar-refractivity contribution < 1.29 is 9.59 Å². The molecule has 32 heavy (non-hydrogen) atoms. The quantitative estimate of drug-likeness (QED) is 0.654. The number of imide groups is 1. The first-order valence-electron chi connectivity index (χ1n) is 11.9. The molecule has 2 fully saturated rings. The molecule has 5 rings (SSSR count). The van der Waals surface area contributed by atoms with E-state index in [1.165, 1.54) is 58.4 Å². The van der Waals surface area contributed by atoms with Crippen molar-refractivity contribution in [3.05, 3.63) is 69.8 Å². The van der Waals surface area contributed by atoms with Crippen LogP contribution in [0.4, 0.5) is 4.79 Å². The fourth-order valence-electron chi connectivity index (χ4n) is 5.80. The second kappa shape index (κ2) is 6.94. The predicted octanol–water partition coefficient (Wildman–Crippen LogP) is 5.48. The summed E-state index contributed by atoms with van der Waals surface area (Å²) in [5.74, 6) is -0.159. The van der Waals surface area contributed by atoms with Gasteiger partial charge in [0.05, 0.1) is 13.1 Å². The smallest absolute Gasteiger partial charge is 0.324 e. The Morgan fingerprint density at radius 2 is 1.44 bits per heavy atom. The van der Waals surface area contributed by atoms with E-state index in [0.717, 1.165) is 5.56 Å². The van der Waals surface area contributed by atoms with Crippen LogP contribution in [0, 0.1) is 6.92 Å². The molecule has 2 aliphatic carbocycles. The van der Waals surface area contributed by atoms with Crippen LogP contribution in [0.1, 0.15) is 86.8 Å². The Bertz CT molecular complexity index is 1090. The lowest BCUT2D eigenvalue weighted by Crippen LogP contribution is -2.34. The number of hydrogen-bond donors (Lipinski definition) is 1. The van der Waals surface area contributed by atoms with E-state index in [1.807, 2.05) is 0 Å². The minimum absolute atomic E-state index is 0.0934. The highest BCUT2D eigenvalue weighted by atomic mass is 16.2. The molecule has 0 atom stereocenters. The van der Waals surface area contributed by atoms with Gasteiger partial charge in [-0.1, -0.05) is 64.1 Å². The van der Waals surface area contributed by atoms with Crippen LogP contribution < -0.4 is 5.32 Å². The van der Waals surface area contributed by atoms with Gasteiger partial charge in [-0.3, -0.25) is 9.69 Å². The number of benzene rings is 2. The molecule has 3 amide bonds. The summed E-state index contributed by atoms with van der Waals surface area (Å²) < 4.78 is 0. The molecule has 1 saturated carbocycles. The number of fused-ring (bicyclic) bond motifs is 1. The van der Waals surface area contributed by atoms with Crippen molar-refractivity contribution in [1.29, 1.82) is 0 Å². The monoisotopic (exact) mass is 430 g/mol. The average Bonchev–Trinajstić information content (AvgIpc) is 3.49. The van der Waals surface area contributed by atoms with Gasteiger partial charge in [-0.2, -0.15) is 0 Å². The highest BCUT2D eigenvalue weighted by Crippen LogP contribution is 2.56. The fraction of sp³-hybridized carbons (Fsp3) is 0.500. The SMILES string of the molecule is Cc1cc2c(cc1C1(c3ccc(CN4C(=O)CNC4=O)cc3)CC1)C(C)(C)CCC2(C)C. The third-order valence-corrected chi connectivity index (χ3v) is 8.25. The number of amides is 3. The summed E-state index contributed by atoms with van der Waals surface area (Å²) in [6.45, 7) is 12.3. The number of urea groups is 1. The molecule has 0 bridgehead atoms. The molecule has 0 spiro atoms. The van der Waals surface area contributed by atoms with E-state index in [9.17, 15) is 9.59 Å². The molecular weight excluding hydrogens is 396 g/mol. The highest BCUT2D eigenvalue weighted by Gasteiger charge is 2.48. The molecule has 4 heteroatoms.